The molecule has 1 fully saturated rings. The Labute approximate surface area is 65.7 Å². The molecule has 2 N–H and O–H groups in total. The van der Waals surface area contributed by atoms with Crippen molar-refractivity contribution in [2.45, 2.75) is 31.8 Å². The first kappa shape index (κ1) is 8.93. The van der Waals surface area contributed by atoms with Gasteiger partial charge >= 0.3 is 0 Å². The molecule has 0 aromatic heterocycles. The molecule has 0 aromatic rings. The number of hydrogen-bond donors (Lipinski definition) is 2. The highest BCUT2D eigenvalue weighted by Gasteiger charge is 2.33. The fourth-order valence-electron chi connectivity index (χ4n) is 1.15. The van der Waals surface area contributed by atoms with Gasteiger partial charge < -0.3 is 19.7 Å². The molecule has 0 bridgehead atoms. The van der Waals surface area contributed by atoms with Crippen molar-refractivity contribution in [2.24, 2.45) is 0 Å². The van der Waals surface area contributed by atoms with E-state index >= 15 is 0 Å². The molecule has 4 nitrogen and oxygen atoms in total. The number of ether oxygens (including phenoxy) is 2. The van der Waals surface area contributed by atoms with Crippen molar-refractivity contribution in [3.05, 3.63) is 0 Å². The van der Waals surface area contributed by atoms with Gasteiger partial charge in [0.1, 0.15) is 6.10 Å². The van der Waals surface area contributed by atoms with Crippen molar-refractivity contribution in [3.8, 4) is 0 Å². The summed E-state index contributed by atoms with van der Waals surface area (Å²) in [6, 6.07) is 0. The summed E-state index contributed by atoms with van der Waals surface area (Å²) < 4.78 is 10.2. The zero-order valence-electron chi connectivity index (χ0n) is 6.56. The minimum atomic E-state index is -0.591. The second-order valence-corrected chi connectivity index (χ2v) is 2.57. The molecule has 0 aromatic carbocycles. The summed E-state index contributed by atoms with van der Waals surface area (Å²) in [6.07, 6.45) is -0.938. The summed E-state index contributed by atoms with van der Waals surface area (Å²) in [7, 11) is 0. The van der Waals surface area contributed by atoms with E-state index in [0.717, 1.165) is 0 Å². The van der Waals surface area contributed by atoms with Crippen LogP contribution in [0.25, 0.3) is 0 Å². The zero-order chi connectivity index (χ0) is 8.27. The minimum absolute atomic E-state index is 0.0549. The van der Waals surface area contributed by atoms with E-state index in [1.54, 1.807) is 0 Å². The SMILES string of the molecule is CCOC1OC(CO)CC1O. The summed E-state index contributed by atoms with van der Waals surface area (Å²) in [5.41, 5.74) is 0. The van der Waals surface area contributed by atoms with Gasteiger partial charge in [0.25, 0.3) is 0 Å². The van der Waals surface area contributed by atoms with Gasteiger partial charge in [-0.25, -0.2) is 0 Å². The standard InChI is InChI=1S/C7H14O4/c1-2-10-7-6(9)3-5(4-8)11-7/h5-9H,2-4H2,1H3. The molecule has 1 rings (SSSR count). The summed E-state index contributed by atoms with van der Waals surface area (Å²) in [5.74, 6) is 0. The smallest absolute Gasteiger partial charge is 0.183 e. The summed E-state index contributed by atoms with van der Waals surface area (Å²) >= 11 is 0. The molecule has 1 heterocycles. The third kappa shape index (κ3) is 2.13. The minimum Gasteiger partial charge on any atom is -0.394 e. The highest BCUT2D eigenvalue weighted by atomic mass is 16.7. The van der Waals surface area contributed by atoms with Crippen molar-refractivity contribution in [1.82, 2.24) is 0 Å². The lowest BCUT2D eigenvalue weighted by molar-refractivity contribution is -0.166. The van der Waals surface area contributed by atoms with Crippen molar-refractivity contribution < 1.29 is 19.7 Å². The Hall–Kier alpha value is -0.160. The second-order valence-electron chi connectivity index (χ2n) is 2.57. The zero-order valence-corrected chi connectivity index (χ0v) is 6.56. The molecule has 1 aliphatic rings. The maximum absolute atomic E-state index is 9.26. The molecule has 3 atom stereocenters. The van der Waals surface area contributed by atoms with Crippen LogP contribution in [0.3, 0.4) is 0 Å². The summed E-state index contributed by atoms with van der Waals surface area (Å²) in [6.45, 7) is 2.29. The fraction of sp³-hybridized carbons (Fsp3) is 1.00. The largest absolute Gasteiger partial charge is 0.394 e. The van der Waals surface area contributed by atoms with Crippen LogP contribution in [0.15, 0.2) is 0 Å². The van der Waals surface area contributed by atoms with E-state index in [-0.39, 0.29) is 12.7 Å². The van der Waals surface area contributed by atoms with Crippen LogP contribution in [0.5, 0.6) is 0 Å². The molecule has 0 spiro atoms. The topological polar surface area (TPSA) is 58.9 Å². The van der Waals surface area contributed by atoms with E-state index in [2.05, 4.69) is 0 Å². The van der Waals surface area contributed by atoms with Crippen molar-refractivity contribution in [2.75, 3.05) is 13.2 Å². The van der Waals surface area contributed by atoms with E-state index in [9.17, 15) is 5.11 Å². The molecular weight excluding hydrogens is 148 g/mol. The second kappa shape index (κ2) is 4.01. The van der Waals surface area contributed by atoms with Crippen LogP contribution >= 0.6 is 0 Å². The van der Waals surface area contributed by atoms with Crippen LogP contribution in [-0.2, 0) is 9.47 Å². The lowest BCUT2D eigenvalue weighted by Crippen LogP contribution is -2.24. The molecule has 1 saturated heterocycles. The van der Waals surface area contributed by atoms with Gasteiger partial charge in [0.15, 0.2) is 6.29 Å². The Morgan fingerprint density at radius 1 is 1.64 bits per heavy atom. The quantitative estimate of drug-likeness (QED) is 0.587. The molecule has 0 saturated carbocycles. The molecule has 0 radical (unpaired) electrons. The molecule has 11 heavy (non-hydrogen) atoms. The average Bonchev–Trinajstić information content (AvgIpc) is 2.33. The number of hydrogen-bond acceptors (Lipinski definition) is 4. The van der Waals surface area contributed by atoms with Crippen LogP contribution in [0.1, 0.15) is 13.3 Å². The Balaban J connectivity index is 2.32. The van der Waals surface area contributed by atoms with Gasteiger partial charge in [0.05, 0.1) is 12.7 Å². The average molecular weight is 162 g/mol. The summed E-state index contributed by atoms with van der Waals surface area (Å²) in [4.78, 5) is 0. The van der Waals surface area contributed by atoms with Gasteiger partial charge in [-0.3, -0.25) is 0 Å². The van der Waals surface area contributed by atoms with Gasteiger partial charge in [0.2, 0.25) is 0 Å². The van der Waals surface area contributed by atoms with Gasteiger partial charge in [-0.1, -0.05) is 0 Å². The van der Waals surface area contributed by atoms with Gasteiger partial charge in [0, 0.05) is 13.0 Å². The third-order valence-corrected chi connectivity index (χ3v) is 1.68. The highest BCUT2D eigenvalue weighted by molar-refractivity contribution is 4.75. The summed E-state index contributed by atoms with van der Waals surface area (Å²) in [5, 5.41) is 17.9. The van der Waals surface area contributed by atoms with E-state index in [1.807, 2.05) is 6.92 Å². The molecule has 66 valence electrons. The Morgan fingerprint density at radius 2 is 2.36 bits per heavy atom. The van der Waals surface area contributed by atoms with Crippen molar-refractivity contribution >= 4 is 0 Å². The number of aliphatic hydroxyl groups excluding tert-OH is 2. The maximum Gasteiger partial charge on any atom is 0.183 e. The first-order chi connectivity index (χ1) is 5.27. The third-order valence-electron chi connectivity index (χ3n) is 1.68. The molecule has 1 aliphatic heterocycles. The van der Waals surface area contributed by atoms with Gasteiger partial charge in [-0.05, 0) is 6.92 Å². The fourth-order valence-corrected chi connectivity index (χ4v) is 1.15. The number of rotatable bonds is 3. The Morgan fingerprint density at radius 3 is 2.82 bits per heavy atom. The Bertz CT molecular complexity index is 117. The maximum atomic E-state index is 9.26. The monoisotopic (exact) mass is 162 g/mol. The van der Waals surface area contributed by atoms with Gasteiger partial charge in [-0.15, -0.1) is 0 Å². The van der Waals surface area contributed by atoms with E-state index in [1.165, 1.54) is 0 Å². The van der Waals surface area contributed by atoms with Crippen LogP contribution in [0, 0.1) is 0 Å². The normalized spacial score (nSPS) is 37.9. The van der Waals surface area contributed by atoms with Gasteiger partial charge in [-0.2, -0.15) is 0 Å². The molecular formula is C7H14O4. The molecule has 3 unspecified atom stereocenters. The molecule has 0 aliphatic carbocycles. The lowest BCUT2D eigenvalue weighted by atomic mass is 10.2. The van der Waals surface area contributed by atoms with Crippen LogP contribution in [0.2, 0.25) is 0 Å². The predicted octanol–water partition coefficient (Wildman–Crippen LogP) is -0.509. The molecule has 0 amide bonds. The van der Waals surface area contributed by atoms with E-state index in [0.29, 0.717) is 13.0 Å². The van der Waals surface area contributed by atoms with Crippen molar-refractivity contribution in [3.63, 3.8) is 0 Å². The van der Waals surface area contributed by atoms with E-state index in [4.69, 9.17) is 14.6 Å². The predicted molar refractivity (Wildman–Crippen MR) is 38.0 cm³/mol. The first-order valence-corrected chi connectivity index (χ1v) is 3.84. The van der Waals surface area contributed by atoms with Crippen LogP contribution in [-0.4, -0.2) is 41.9 Å². The van der Waals surface area contributed by atoms with Crippen LogP contribution < -0.4 is 0 Å². The number of aliphatic hydroxyl groups is 2. The van der Waals surface area contributed by atoms with Crippen LogP contribution in [0.4, 0.5) is 0 Å². The van der Waals surface area contributed by atoms with Crippen molar-refractivity contribution in [1.29, 1.82) is 0 Å². The Kier molecular flexibility index (Phi) is 3.26. The highest BCUT2D eigenvalue weighted by Crippen LogP contribution is 2.20. The lowest BCUT2D eigenvalue weighted by Gasteiger charge is -2.13. The molecule has 4 heteroatoms. The van der Waals surface area contributed by atoms with E-state index < -0.39 is 12.4 Å². The first-order valence-electron chi connectivity index (χ1n) is 3.84.